The van der Waals surface area contributed by atoms with Crippen molar-refractivity contribution < 1.29 is 17.9 Å². The highest BCUT2D eigenvalue weighted by Crippen LogP contribution is 2.41. The van der Waals surface area contributed by atoms with Crippen LogP contribution in [-0.4, -0.2) is 62.0 Å². The fraction of sp³-hybridized carbons (Fsp3) is 0.391. The van der Waals surface area contributed by atoms with Gasteiger partial charge >= 0.3 is 0 Å². The Kier molecular flexibility index (Phi) is 6.76. The monoisotopic (exact) mass is 473 g/mol. The largest absolute Gasteiger partial charge is 0.484 e. The normalized spacial score (nSPS) is 22.7. The van der Waals surface area contributed by atoms with Gasteiger partial charge in [-0.15, -0.1) is 0 Å². The lowest BCUT2D eigenvalue weighted by atomic mass is 10.2. The first kappa shape index (κ1) is 22.7. The number of thioether (sulfide) groups is 1. The first-order valence-electron chi connectivity index (χ1n) is 10.7. The van der Waals surface area contributed by atoms with Crippen molar-refractivity contribution >= 4 is 44.0 Å². The van der Waals surface area contributed by atoms with Crippen molar-refractivity contribution in [2.24, 2.45) is 4.99 Å². The molecule has 2 saturated heterocycles. The molecule has 2 aromatic carbocycles. The van der Waals surface area contributed by atoms with Crippen LogP contribution in [0.5, 0.6) is 5.75 Å². The molecule has 2 fully saturated rings. The molecular weight excluding hydrogens is 446 g/mol. The van der Waals surface area contributed by atoms with Crippen LogP contribution >= 0.6 is 11.8 Å². The number of para-hydroxylation sites is 1. The lowest BCUT2D eigenvalue weighted by molar-refractivity contribution is -0.119. The summed E-state index contributed by atoms with van der Waals surface area (Å²) in [5, 5.41) is 0.399. The summed E-state index contributed by atoms with van der Waals surface area (Å²) in [7, 11) is -3.11. The Hall–Kier alpha value is -2.52. The van der Waals surface area contributed by atoms with Crippen molar-refractivity contribution in [3.05, 3.63) is 54.6 Å². The van der Waals surface area contributed by atoms with E-state index in [1.165, 1.54) is 11.8 Å². The summed E-state index contributed by atoms with van der Waals surface area (Å²) in [6.07, 6.45) is 0. The molecular formula is C23H27N3O4S2. The molecule has 0 N–H and O–H groups in total. The van der Waals surface area contributed by atoms with Gasteiger partial charge in [-0.2, -0.15) is 4.99 Å². The number of benzene rings is 2. The first-order chi connectivity index (χ1) is 15.4. The second-order valence-corrected chi connectivity index (χ2v) is 11.1. The number of ether oxygens (including phenoxy) is 1. The minimum absolute atomic E-state index is 0.0657. The highest BCUT2D eigenvalue weighted by Gasteiger charge is 2.49. The molecule has 1 amide bonds. The zero-order valence-electron chi connectivity index (χ0n) is 18.2. The fourth-order valence-electron chi connectivity index (χ4n) is 4.08. The highest BCUT2D eigenvalue weighted by atomic mass is 32.2. The summed E-state index contributed by atoms with van der Waals surface area (Å²) in [6, 6.07) is 16.9. The maximum Gasteiger partial charge on any atom is 0.285 e. The van der Waals surface area contributed by atoms with Gasteiger partial charge < -0.3 is 14.5 Å². The smallest absolute Gasteiger partial charge is 0.285 e. The van der Waals surface area contributed by atoms with Gasteiger partial charge in [0.15, 0.2) is 21.6 Å². The summed E-state index contributed by atoms with van der Waals surface area (Å²) in [5.41, 5.74) is 1.94. The first-order valence-corrected chi connectivity index (χ1v) is 13.4. The number of amidine groups is 1. The lowest BCUT2D eigenvalue weighted by Crippen LogP contribution is -2.38. The Labute approximate surface area is 193 Å². The second-order valence-electron chi connectivity index (χ2n) is 7.75. The number of carbonyl (C=O) groups is 1. The zero-order valence-corrected chi connectivity index (χ0v) is 19.8. The summed E-state index contributed by atoms with van der Waals surface area (Å²) in [5.74, 6) is 0.371. The van der Waals surface area contributed by atoms with Crippen LogP contribution in [-0.2, 0) is 14.6 Å². The van der Waals surface area contributed by atoms with Crippen molar-refractivity contribution in [1.29, 1.82) is 0 Å². The van der Waals surface area contributed by atoms with Crippen LogP contribution in [0.1, 0.15) is 13.8 Å². The van der Waals surface area contributed by atoms with Crippen LogP contribution in [0, 0.1) is 0 Å². The maximum absolute atomic E-state index is 12.5. The molecule has 32 heavy (non-hydrogen) atoms. The van der Waals surface area contributed by atoms with Crippen molar-refractivity contribution in [1.82, 2.24) is 0 Å². The number of anilines is 2. The predicted molar refractivity (Wildman–Crippen MR) is 131 cm³/mol. The van der Waals surface area contributed by atoms with E-state index < -0.39 is 15.7 Å². The minimum Gasteiger partial charge on any atom is -0.484 e. The van der Waals surface area contributed by atoms with Crippen LogP contribution in [0.25, 0.3) is 0 Å². The third-order valence-electron chi connectivity index (χ3n) is 5.65. The summed E-state index contributed by atoms with van der Waals surface area (Å²) in [4.78, 5) is 21.0. The predicted octanol–water partition coefficient (Wildman–Crippen LogP) is 3.21. The fourth-order valence-corrected chi connectivity index (χ4v) is 8.01. The lowest BCUT2D eigenvalue weighted by Gasteiger charge is -2.26. The molecule has 0 radical (unpaired) electrons. The third kappa shape index (κ3) is 4.94. The van der Waals surface area contributed by atoms with Crippen LogP contribution in [0.15, 0.2) is 59.6 Å². The van der Waals surface area contributed by atoms with Crippen LogP contribution < -0.4 is 14.5 Å². The topological polar surface area (TPSA) is 79.3 Å². The number of hydrogen-bond donors (Lipinski definition) is 0. The number of aliphatic imine (C=N–C) groups is 1. The van der Waals surface area contributed by atoms with E-state index in [0.29, 0.717) is 10.9 Å². The Balaban J connectivity index is 1.57. The SMILES string of the molecule is CCN(CC)c1ccc(N2C(=NC(=O)COc3ccccc3)SC3CS(=O)(=O)CC32)cc1. The molecule has 2 atom stereocenters. The zero-order chi connectivity index (χ0) is 22.7. The van der Waals surface area contributed by atoms with E-state index in [2.05, 4.69) is 23.7 Å². The van der Waals surface area contributed by atoms with Gasteiger partial charge in [0.25, 0.3) is 5.91 Å². The molecule has 0 aliphatic carbocycles. The molecule has 170 valence electrons. The quantitative estimate of drug-likeness (QED) is 0.611. The van der Waals surface area contributed by atoms with Gasteiger partial charge in [0.1, 0.15) is 5.75 Å². The van der Waals surface area contributed by atoms with Gasteiger partial charge in [-0.1, -0.05) is 30.0 Å². The molecule has 0 spiro atoms. The highest BCUT2D eigenvalue weighted by molar-refractivity contribution is 8.16. The molecule has 2 unspecified atom stereocenters. The van der Waals surface area contributed by atoms with Gasteiger partial charge in [0.2, 0.25) is 0 Å². The molecule has 9 heteroatoms. The van der Waals surface area contributed by atoms with E-state index in [9.17, 15) is 13.2 Å². The summed E-state index contributed by atoms with van der Waals surface area (Å²) >= 11 is 1.37. The van der Waals surface area contributed by atoms with E-state index in [4.69, 9.17) is 4.74 Å². The number of carbonyl (C=O) groups excluding carboxylic acids is 1. The van der Waals surface area contributed by atoms with E-state index in [-0.39, 0.29) is 29.4 Å². The van der Waals surface area contributed by atoms with Crippen molar-refractivity contribution in [3.8, 4) is 5.75 Å². The van der Waals surface area contributed by atoms with Gasteiger partial charge in [0.05, 0.1) is 17.5 Å². The van der Waals surface area contributed by atoms with Crippen molar-refractivity contribution in [3.63, 3.8) is 0 Å². The Bertz CT molecular complexity index is 1080. The summed E-state index contributed by atoms with van der Waals surface area (Å²) < 4.78 is 30.0. The summed E-state index contributed by atoms with van der Waals surface area (Å²) in [6.45, 7) is 5.85. The molecule has 0 bridgehead atoms. The Morgan fingerprint density at radius 3 is 2.44 bits per heavy atom. The number of hydrogen-bond acceptors (Lipinski definition) is 6. The second kappa shape index (κ2) is 9.54. The average molecular weight is 474 g/mol. The van der Waals surface area contributed by atoms with E-state index >= 15 is 0 Å². The maximum atomic E-state index is 12.5. The van der Waals surface area contributed by atoms with E-state index in [1.807, 2.05) is 47.4 Å². The third-order valence-corrected chi connectivity index (χ3v) is 8.86. The Morgan fingerprint density at radius 1 is 1.09 bits per heavy atom. The average Bonchev–Trinajstić information content (AvgIpc) is 3.25. The standard InChI is InChI=1S/C23H27N3O4S2/c1-3-25(4-2)17-10-12-18(13-11-17)26-20-15-32(28,29)16-21(20)31-23(26)24-22(27)14-30-19-8-6-5-7-9-19/h5-13,20-21H,3-4,14-16H2,1-2H3. The van der Waals surface area contributed by atoms with Gasteiger partial charge in [0, 0.05) is 29.7 Å². The van der Waals surface area contributed by atoms with Gasteiger partial charge in [-0.25, -0.2) is 8.42 Å². The number of fused-ring (bicyclic) bond motifs is 1. The molecule has 4 rings (SSSR count). The number of amides is 1. The van der Waals surface area contributed by atoms with Crippen molar-refractivity contribution in [2.75, 3.05) is 41.0 Å². The van der Waals surface area contributed by atoms with E-state index in [1.54, 1.807) is 12.1 Å². The van der Waals surface area contributed by atoms with Crippen LogP contribution in [0.3, 0.4) is 0 Å². The number of rotatable bonds is 7. The van der Waals surface area contributed by atoms with Gasteiger partial charge in [-0.05, 0) is 50.2 Å². The molecule has 2 heterocycles. The molecule has 2 aliphatic heterocycles. The Morgan fingerprint density at radius 2 is 1.78 bits per heavy atom. The molecule has 0 saturated carbocycles. The van der Waals surface area contributed by atoms with Gasteiger partial charge in [-0.3, -0.25) is 4.79 Å². The van der Waals surface area contributed by atoms with Crippen molar-refractivity contribution in [2.45, 2.75) is 25.1 Å². The van der Waals surface area contributed by atoms with Crippen LogP contribution in [0.2, 0.25) is 0 Å². The minimum atomic E-state index is -3.11. The number of sulfone groups is 1. The van der Waals surface area contributed by atoms with Crippen LogP contribution in [0.4, 0.5) is 11.4 Å². The van der Waals surface area contributed by atoms with E-state index in [0.717, 1.165) is 24.5 Å². The molecule has 2 aliphatic rings. The molecule has 0 aromatic heterocycles. The molecule has 7 nitrogen and oxygen atoms in total. The molecule has 2 aromatic rings. The number of nitrogens with zero attached hydrogens (tertiary/aromatic N) is 3.